The molecule has 3 N–H and O–H groups in total. The minimum absolute atomic E-state index is 0.0103. The molecule has 0 spiro atoms. The molecule has 0 atom stereocenters. The fraction of sp³-hybridized carbons (Fsp3) is 0.308. The first-order valence-electron chi connectivity index (χ1n) is 6.09. The van der Waals surface area contributed by atoms with Gasteiger partial charge in [-0.05, 0) is 32.0 Å². The van der Waals surface area contributed by atoms with Gasteiger partial charge < -0.3 is 15.6 Å². The van der Waals surface area contributed by atoms with E-state index < -0.39 is 5.97 Å². The minimum Gasteiger partial charge on any atom is -0.489 e. The molecule has 20 heavy (non-hydrogen) atoms. The van der Waals surface area contributed by atoms with Crippen LogP contribution in [0.3, 0.4) is 0 Å². The number of aryl methyl sites for hydroxylation is 1. The molecule has 7 nitrogen and oxygen atoms in total. The van der Waals surface area contributed by atoms with Crippen LogP contribution < -0.4 is 10.5 Å². The van der Waals surface area contributed by atoms with Gasteiger partial charge in [0.05, 0.1) is 11.8 Å². The summed E-state index contributed by atoms with van der Waals surface area (Å²) in [5, 5.41) is 16.5. The lowest BCUT2D eigenvalue weighted by Gasteiger charge is -2.13. The second-order valence-electron chi connectivity index (χ2n) is 4.63. The molecule has 7 heteroatoms. The number of hydrogen-bond acceptors (Lipinski definition) is 5. The van der Waals surface area contributed by atoms with Gasteiger partial charge >= 0.3 is 5.97 Å². The van der Waals surface area contributed by atoms with Gasteiger partial charge in [0, 0.05) is 12.6 Å². The first kappa shape index (κ1) is 13.9. The summed E-state index contributed by atoms with van der Waals surface area (Å²) in [6.07, 6.45) is 0.0103. The first-order chi connectivity index (χ1) is 9.40. The SMILES string of the molecule is CC(C)Oc1ccc(-c2c(C(=O)O)nnn2C)cc1N. The molecule has 0 fully saturated rings. The molecule has 0 bridgehead atoms. The molecular formula is C13H16N4O3. The van der Waals surface area contributed by atoms with Crippen molar-refractivity contribution >= 4 is 11.7 Å². The monoisotopic (exact) mass is 276 g/mol. The number of benzene rings is 1. The Morgan fingerprint density at radius 1 is 1.45 bits per heavy atom. The van der Waals surface area contributed by atoms with E-state index in [0.29, 0.717) is 22.7 Å². The number of nitrogens with two attached hydrogens (primary N) is 1. The molecule has 1 aromatic heterocycles. The highest BCUT2D eigenvalue weighted by Crippen LogP contribution is 2.30. The second kappa shape index (κ2) is 5.20. The summed E-state index contributed by atoms with van der Waals surface area (Å²) in [5.41, 5.74) is 7.29. The van der Waals surface area contributed by atoms with Crippen LogP contribution in [0, 0.1) is 0 Å². The van der Waals surface area contributed by atoms with Crippen LogP contribution in [0.25, 0.3) is 11.3 Å². The van der Waals surface area contributed by atoms with Gasteiger partial charge in [-0.2, -0.15) is 0 Å². The van der Waals surface area contributed by atoms with Crippen molar-refractivity contribution in [2.75, 3.05) is 5.73 Å². The molecule has 2 aromatic rings. The Balaban J connectivity index is 2.47. The molecular weight excluding hydrogens is 260 g/mol. The summed E-state index contributed by atoms with van der Waals surface area (Å²) in [4.78, 5) is 11.1. The highest BCUT2D eigenvalue weighted by atomic mass is 16.5. The normalized spacial score (nSPS) is 10.8. The molecule has 0 saturated carbocycles. The lowest BCUT2D eigenvalue weighted by molar-refractivity contribution is 0.0691. The number of nitrogens with zero attached hydrogens (tertiary/aromatic N) is 3. The Morgan fingerprint density at radius 3 is 2.70 bits per heavy atom. The van der Waals surface area contributed by atoms with Crippen molar-refractivity contribution in [2.24, 2.45) is 7.05 Å². The molecule has 1 aromatic carbocycles. The smallest absolute Gasteiger partial charge is 0.358 e. The number of nitrogen functional groups attached to an aromatic ring is 1. The molecule has 2 rings (SSSR count). The number of carbonyl (C=O) groups is 1. The quantitative estimate of drug-likeness (QED) is 0.821. The van der Waals surface area contributed by atoms with Crippen molar-refractivity contribution in [1.29, 1.82) is 0 Å². The number of aromatic nitrogens is 3. The molecule has 0 amide bonds. The van der Waals surface area contributed by atoms with E-state index in [2.05, 4.69) is 10.3 Å². The van der Waals surface area contributed by atoms with Crippen molar-refractivity contribution in [3.8, 4) is 17.0 Å². The predicted octanol–water partition coefficient (Wildman–Crippen LogP) is 1.55. The van der Waals surface area contributed by atoms with E-state index in [1.165, 1.54) is 4.68 Å². The number of carboxylic acid groups (broad SMARTS) is 1. The zero-order valence-electron chi connectivity index (χ0n) is 11.5. The van der Waals surface area contributed by atoms with Crippen LogP contribution in [-0.4, -0.2) is 32.2 Å². The van der Waals surface area contributed by atoms with E-state index in [0.717, 1.165) is 0 Å². The maximum Gasteiger partial charge on any atom is 0.358 e. The fourth-order valence-electron chi connectivity index (χ4n) is 1.88. The molecule has 0 aliphatic rings. The van der Waals surface area contributed by atoms with Gasteiger partial charge in [0.1, 0.15) is 11.4 Å². The van der Waals surface area contributed by atoms with Gasteiger partial charge in [0.15, 0.2) is 5.69 Å². The summed E-state index contributed by atoms with van der Waals surface area (Å²) in [5.74, 6) is -0.565. The number of carboxylic acids is 1. The van der Waals surface area contributed by atoms with Crippen molar-refractivity contribution < 1.29 is 14.6 Å². The highest BCUT2D eigenvalue weighted by molar-refractivity contribution is 5.93. The van der Waals surface area contributed by atoms with Gasteiger partial charge in [-0.1, -0.05) is 5.21 Å². The zero-order chi connectivity index (χ0) is 14.9. The van der Waals surface area contributed by atoms with Crippen molar-refractivity contribution in [3.63, 3.8) is 0 Å². The van der Waals surface area contributed by atoms with E-state index in [4.69, 9.17) is 15.6 Å². The average Bonchev–Trinajstić information content (AvgIpc) is 2.73. The molecule has 0 radical (unpaired) electrons. The van der Waals surface area contributed by atoms with Crippen LogP contribution in [0.1, 0.15) is 24.3 Å². The van der Waals surface area contributed by atoms with Crippen LogP contribution in [0.15, 0.2) is 18.2 Å². The number of aromatic carboxylic acids is 1. The van der Waals surface area contributed by atoms with E-state index in [9.17, 15) is 4.79 Å². The van der Waals surface area contributed by atoms with Gasteiger partial charge in [0.25, 0.3) is 0 Å². The van der Waals surface area contributed by atoms with Gasteiger partial charge in [-0.15, -0.1) is 5.10 Å². The van der Waals surface area contributed by atoms with Crippen LogP contribution in [0.4, 0.5) is 5.69 Å². The number of rotatable bonds is 4. The van der Waals surface area contributed by atoms with Crippen LogP contribution >= 0.6 is 0 Å². The lowest BCUT2D eigenvalue weighted by Crippen LogP contribution is -2.08. The summed E-state index contributed by atoms with van der Waals surface area (Å²) in [6, 6.07) is 5.10. The molecule has 106 valence electrons. The molecule has 0 aliphatic carbocycles. The van der Waals surface area contributed by atoms with Crippen LogP contribution in [0.5, 0.6) is 5.75 Å². The Bertz CT molecular complexity index is 649. The molecule has 0 saturated heterocycles. The predicted molar refractivity (Wildman–Crippen MR) is 73.6 cm³/mol. The van der Waals surface area contributed by atoms with E-state index in [1.807, 2.05) is 13.8 Å². The first-order valence-corrected chi connectivity index (χ1v) is 6.09. The third-order valence-electron chi connectivity index (χ3n) is 2.68. The van der Waals surface area contributed by atoms with Crippen molar-refractivity contribution in [1.82, 2.24) is 15.0 Å². The summed E-state index contributed by atoms with van der Waals surface area (Å²) in [7, 11) is 1.63. The Labute approximate surface area is 116 Å². The van der Waals surface area contributed by atoms with Crippen LogP contribution in [-0.2, 0) is 7.05 Å². The second-order valence-corrected chi connectivity index (χ2v) is 4.63. The Hall–Kier alpha value is -2.57. The Kier molecular flexibility index (Phi) is 3.60. The molecule has 1 heterocycles. The van der Waals surface area contributed by atoms with Gasteiger partial charge in [-0.25, -0.2) is 9.48 Å². The third kappa shape index (κ3) is 2.56. The number of hydrogen-bond donors (Lipinski definition) is 2. The van der Waals surface area contributed by atoms with Crippen molar-refractivity contribution in [3.05, 3.63) is 23.9 Å². The van der Waals surface area contributed by atoms with Gasteiger partial charge in [0.2, 0.25) is 0 Å². The topological polar surface area (TPSA) is 103 Å². The third-order valence-corrected chi connectivity index (χ3v) is 2.68. The minimum atomic E-state index is -1.13. The zero-order valence-corrected chi connectivity index (χ0v) is 11.5. The highest BCUT2D eigenvalue weighted by Gasteiger charge is 2.19. The van der Waals surface area contributed by atoms with Gasteiger partial charge in [-0.3, -0.25) is 0 Å². The molecule has 0 unspecified atom stereocenters. The van der Waals surface area contributed by atoms with E-state index in [-0.39, 0.29) is 11.8 Å². The summed E-state index contributed by atoms with van der Waals surface area (Å²) >= 11 is 0. The molecule has 0 aliphatic heterocycles. The number of anilines is 1. The summed E-state index contributed by atoms with van der Waals surface area (Å²) < 4.78 is 6.95. The summed E-state index contributed by atoms with van der Waals surface area (Å²) in [6.45, 7) is 3.81. The van der Waals surface area contributed by atoms with E-state index in [1.54, 1.807) is 25.2 Å². The average molecular weight is 276 g/mol. The Morgan fingerprint density at radius 2 is 2.15 bits per heavy atom. The standard InChI is InChI=1S/C13H16N4O3/c1-7(2)20-10-5-4-8(6-9(10)14)12-11(13(18)19)15-16-17(12)3/h4-7H,14H2,1-3H3,(H,18,19). The van der Waals surface area contributed by atoms with Crippen molar-refractivity contribution in [2.45, 2.75) is 20.0 Å². The maximum atomic E-state index is 11.1. The maximum absolute atomic E-state index is 11.1. The van der Waals surface area contributed by atoms with E-state index >= 15 is 0 Å². The fourth-order valence-corrected chi connectivity index (χ4v) is 1.88. The lowest BCUT2D eigenvalue weighted by atomic mass is 10.1. The van der Waals surface area contributed by atoms with Crippen LogP contribution in [0.2, 0.25) is 0 Å². The number of ether oxygens (including phenoxy) is 1. The largest absolute Gasteiger partial charge is 0.489 e.